The zero-order valence-electron chi connectivity index (χ0n) is 19.7. The second kappa shape index (κ2) is 11.5. The van der Waals surface area contributed by atoms with Crippen LogP contribution in [0.5, 0.6) is 5.75 Å². The summed E-state index contributed by atoms with van der Waals surface area (Å²) in [5.41, 5.74) is 10.3. The van der Waals surface area contributed by atoms with Crippen LogP contribution in [-0.4, -0.2) is 38.9 Å². The van der Waals surface area contributed by atoms with E-state index in [2.05, 4.69) is 5.32 Å². The smallest absolute Gasteiger partial charge is 0.322 e. The number of nitrogens with zero attached hydrogens (tertiary/aromatic N) is 1. The average molecular weight is 448 g/mol. The zero-order valence-corrected chi connectivity index (χ0v) is 19.7. The van der Waals surface area contributed by atoms with Gasteiger partial charge in [-0.05, 0) is 54.8 Å². The number of anilines is 1. The molecule has 0 aromatic heterocycles. The first kappa shape index (κ1) is 24.3. The molecule has 0 unspecified atom stereocenters. The second-order valence-electron chi connectivity index (χ2n) is 8.07. The minimum atomic E-state index is -0.339. The van der Waals surface area contributed by atoms with Crippen LogP contribution in [0.3, 0.4) is 0 Å². The maximum absolute atomic E-state index is 13.3. The van der Waals surface area contributed by atoms with Crippen LogP contribution in [-0.2, 0) is 4.74 Å². The summed E-state index contributed by atoms with van der Waals surface area (Å²) in [6.07, 6.45) is -0.189. The van der Waals surface area contributed by atoms with Gasteiger partial charge in [0.25, 0.3) is 0 Å². The quantitative estimate of drug-likeness (QED) is 0.484. The normalized spacial score (nSPS) is 13.6. The van der Waals surface area contributed by atoms with E-state index < -0.39 is 0 Å². The number of nitrogens with one attached hydrogen (secondary N) is 1. The largest absolute Gasteiger partial charge is 0.497 e. The Balaban J connectivity index is 1.82. The number of carbonyl (C=O) groups is 1. The number of hydrogen-bond donors (Lipinski definition) is 2. The van der Waals surface area contributed by atoms with E-state index in [1.165, 1.54) is 0 Å². The molecule has 0 radical (unpaired) electrons. The van der Waals surface area contributed by atoms with Crippen molar-refractivity contribution in [3.63, 3.8) is 0 Å². The summed E-state index contributed by atoms with van der Waals surface area (Å²) in [6.45, 7) is 4.19. The van der Waals surface area contributed by atoms with Gasteiger partial charge in [0, 0.05) is 25.4 Å². The highest BCUT2D eigenvalue weighted by molar-refractivity contribution is 5.92. The molecule has 2 amide bonds. The molecule has 3 aromatic rings. The molecular formula is C27H33N3O3. The number of carbonyl (C=O) groups excluding carboxylic acids is 1. The Morgan fingerprint density at radius 3 is 2.03 bits per heavy atom. The van der Waals surface area contributed by atoms with Crippen molar-refractivity contribution in [2.45, 2.75) is 32.0 Å². The van der Waals surface area contributed by atoms with Crippen molar-refractivity contribution < 1.29 is 14.3 Å². The summed E-state index contributed by atoms with van der Waals surface area (Å²) >= 11 is 0. The molecule has 0 bridgehead atoms. The monoisotopic (exact) mass is 447 g/mol. The first-order valence-corrected chi connectivity index (χ1v) is 11.1. The molecule has 3 atom stereocenters. The van der Waals surface area contributed by atoms with E-state index in [9.17, 15) is 4.79 Å². The molecule has 0 saturated carbocycles. The van der Waals surface area contributed by atoms with Crippen LogP contribution < -0.4 is 20.7 Å². The van der Waals surface area contributed by atoms with Crippen molar-refractivity contribution in [1.82, 2.24) is 5.32 Å². The summed E-state index contributed by atoms with van der Waals surface area (Å²) in [6, 6.07) is 25.0. The lowest BCUT2D eigenvalue weighted by Crippen LogP contribution is -2.50. The molecule has 3 aromatic carbocycles. The predicted molar refractivity (Wildman–Crippen MR) is 134 cm³/mol. The van der Waals surface area contributed by atoms with Gasteiger partial charge in [0.15, 0.2) is 0 Å². The van der Waals surface area contributed by atoms with Crippen LogP contribution in [0, 0.1) is 0 Å². The van der Waals surface area contributed by atoms with Gasteiger partial charge in [0.1, 0.15) is 5.75 Å². The van der Waals surface area contributed by atoms with Crippen molar-refractivity contribution >= 4 is 11.7 Å². The Morgan fingerprint density at radius 1 is 0.909 bits per heavy atom. The van der Waals surface area contributed by atoms with Crippen molar-refractivity contribution in [3.8, 4) is 16.9 Å². The van der Waals surface area contributed by atoms with Gasteiger partial charge in [0.2, 0.25) is 0 Å². The number of ether oxygens (including phenoxy) is 2. The van der Waals surface area contributed by atoms with E-state index in [4.69, 9.17) is 15.2 Å². The molecule has 0 aliphatic rings. The van der Waals surface area contributed by atoms with E-state index in [0.717, 1.165) is 28.1 Å². The van der Waals surface area contributed by atoms with Crippen LogP contribution in [0.2, 0.25) is 0 Å². The fourth-order valence-corrected chi connectivity index (χ4v) is 3.55. The topological polar surface area (TPSA) is 76.8 Å². The number of benzene rings is 3. The van der Waals surface area contributed by atoms with E-state index >= 15 is 0 Å². The summed E-state index contributed by atoms with van der Waals surface area (Å²) < 4.78 is 10.6. The average Bonchev–Trinajstić information content (AvgIpc) is 2.87. The molecule has 0 heterocycles. The van der Waals surface area contributed by atoms with Crippen LogP contribution in [0.15, 0.2) is 78.9 Å². The molecule has 0 saturated heterocycles. The first-order valence-electron chi connectivity index (χ1n) is 11.1. The molecular weight excluding hydrogens is 414 g/mol. The molecule has 6 heteroatoms. The Labute approximate surface area is 196 Å². The summed E-state index contributed by atoms with van der Waals surface area (Å²) in [5.74, 6) is 0.812. The Hall–Kier alpha value is -3.35. The summed E-state index contributed by atoms with van der Waals surface area (Å²) in [5, 5.41) is 3.09. The summed E-state index contributed by atoms with van der Waals surface area (Å²) in [4.78, 5) is 15.0. The highest BCUT2D eigenvalue weighted by Crippen LogP contribution is 2.26. The van der Waals surface area contributed by atoms with Gasteiger partial charge in [0.05, 0.1) is 19.3 Å². The summed E-state index contributed by atoms with van der Waals surface area (Å²) in [7, 11) is 3.27. The van der Waals surface area contributed by atoms with Gasteiger partial charge in [-0.15, -0.1) is 0 Å². The number of rotatable bonds is 9. The van der Waals surface area contributed by atoms with E-state index in [1.807, 2.05) is 92.7 Å². The van der Waals surface area contributed by atoms with Gasteiger partial charge in [-0.3, -0.25) is 4.90 Å². The third-order valence-electron chi connectivity index (χ3n) is 5.86. The standard InChI is InChI=1S/C27H33N3O3/c1-19(21-8-6-5-7-9-21)29-27(31)30(18-26(28)20(2)32-3)24-14-10-22(11-15-24)23-12-16-25(33-4)17-13-23/h5-17,19-20,26H,18,28H2,1-4H3,(H,29,31)/t19-,20+,26+/m0/s1. The molecule has 0 spiro atoms. The maximum atomic E-state index is 13.3. The van der Waals surface area contributed by atoms with Crippen LogP contribution in [0.4, 0.5) is 10.5 Å². The van der Waals surface area contributed by atoms with Crippen LogP contribution in [0.1, 0.15) is 25.5 Å². The number of methoxy groups -OCH3 is 2. The SMILES string of the molecule is COc1ccc(-c2ccc(N(C[C@@H](N)[C@@H](C)OC)C(=O)N[C@@H](C)c3ccccc3)cc2)cc1. The lowest BCUT2D eigenvalue weighted by molar-refractivity contribution is 0.0975. The van der Waals surface area contributed by atoms with Crippen LogP contribution >= 0.6 is 0 Å². The van der Waals surface area contributed by atoms with Gasteiger partial charge in [-0.2, -0.15) is 0 Å². The van der Waals surface area contributed by atoms with Gasteiger partial charge in [-0.25, -0.2) is 4.79 Å². The van der Waals surface area contributed by atoms with Gasteiger partial charge in [-0.1, -0.05) is 54.6 Å². The van der Waals surface area contributed by atoms with Gasteiger partial charge < -0.3 is 20.5 Å². The second-order valence-corrected chi connectivity index (χ2v) is 8.07. The molecule has 0 aliphatic carbocycles. The molecule has 6 nitrogen and oxygen atoms in total. The fraction of sp³-hybridized carbons (Fsp3) is 0.296. The van der Waals surface area contributed by atoms with Crippen molar-refractivity contribution in [3.05, 3.63) is 84.4 Å². The zero-order chi connectivity index (χ0) is 23.8. The lowest BCUT2D eigenvalue weighted by Gasteiger charge is -2.30. The molecule has 174 valence electrons. The number of amides is 2. The Morgan fingerprint density at radius 2 is 1.48 bits per heavy atom. The van der Waals surface area contributed by atoms with E-state index in [0.29, 0.717) is 6.54 Å². The molecule has 0 fully saturated rings. The molecule has 3 N–H and O–H groups in total. The Bertz CT molecular complexity index is 1010. The van der Waals surface area contributed by atoms with Crippen LogP contribution in [0.25, 0.3) is 11.1 Å². The van der Waals surface area contributed by atoms with E-state index in [-0.39, 0.29) is 24.2 Å². The molecule has 3 rings (SSSR count). The maximum Gasteiger partial charge on any atom is 0.322 e. The number of hydrogen-bond acceptors (Lipinski definition) is 4. The van der Waals surface area contributed by atoms with Gasteiger partial charge >= 0.3 is 6.03 Å². The highest BCUT2D eigenvalue weighted by atomic mass is 16.5. The minimum Gasteiger partial charge on any atom is -0.497 e. The van der Waals surface area contributed by atoms with Crippen molar-refractivity contribution in [1.29, 1.82) is 0 Å². The van der Waals surface area contributed by atoms with E-state index in [1.54, 1.807) is 19.1 Å². The Kier molecular flexibility index (Phi) is 8.46. The lowest BCUT2D eigenvalue weighted by atomic mass is 10.0. The number of nitrogens with two attached hydrogens (primary N) is 1. The highest BCUT2D eigenvalue weighted by Gasteiger charge is 2.23. The third kappa shape index (κ3) is 6.34. The fourth-order valence-electron chi connectivity index (χ4n) is 3.55. The molecule has 0 aliphatic heterocycles. The number of urea groups is 1. The third-order valence-corrected chi connectivity index (χ3v) is 5.86. The predicted octanol–water partition coefficient (Wildman–Crippen LogP) is 5.00. The molecule has 33 heavy (non-hydrogen) atoms. The van der Waals surface area contributed by atoms with Crippen molar-refractivity contribution in [2.75, 3.05) is 25.7 Å². The van der Waals surface area contributed by atoms with Crippen molar-refractivity contribution in [2.24, 2.45) is 5.73 Å². The first-order chi connectivity index (χ1) is 15.9. The minimum absolute atomic E-state index is 0.143.